The number of carbonyl (C=O) groups is 1. The molecule has 1 atom stereocenters. The zero-order valence-corrected chi connectivity index (χ0v) is 13.6. The Morgan fingerprint density at radius 3 is 2.68 bits per heavy atom. The first-order valence-electron chi connectivity index (χ1n) is 7.47. The molecule has 1 amide bonds. The second-order valence-electron chi connectivity index (χ2n) is 5.64. The van der Waals surface area contributed by atoms with E-state index in [1.165, 1.54) is 16.7 Å². The molecule has 25 heavy (non-hydrogen) atoms. The summed E-state index contributed by atoms with van der Waals surface area (Å²) in [5.41, 5.74) is 0.941. The molecule has 2 aromatic carbocycles. The Morgan fingerprint density at radius 2 is 1.92 bits per heavy atom. The number of nitrogens with zero attached hydrogens (tertiary/aromatic N) is 1. The van der Waals surface area contributed by atoms with Crippen LogP contribution in [0.1, 0.15) is 16.5 Å². The summed E-state index contributed by atoms with van der Waals surface area (Å²) in [5, 5.41) is -0.375. The lowest BCUT2D eigenvalue weighted by atomic mass is 10.1. The van der Waals surface area contributed by atoms with Gasteiger partial charge >= 0.3 is 0 Å². The van der Waals surface area contributed by atoms with E-state index in [1.807, 2.05) is 6.07 Å². The highest BCUT2D eigenvalue weighted by molar-refractivity contribution is 8.00. The van der Waals surface area contributed by atoms with E-state index in [9.17, 15) is 18.0 Å². The van der Waals surface area contributed by atoms with E-state index in [4.69, 9.17) is 9.47 Å². The molecule has 2 aliphatic heterocycles. The molecule has 1 saturated heterocycles. The molecule has 0 aromatic heterocycles. The number of fused-ring (bicyclic) bond motifs is 1. The largest absolute Gasteiger partial charge is 0.454 e. The molecule has 0 aliphatic carbocycles. The summed E-state index contributed by atoms with van der Waals surface area (Å²) in [6, 6.07) is 7.19. The molecular weight excluding hydrogens is 355 g/mol. The van der Waals surface area contributed by atoms with Crippen molar-refractivity contribution in [3.8, 4) is 11.5 Å². The van der Waals surface area contributed by atoms with Gasteiger partial charge in [0.15, 0.2) is 29.0 Å². The topological polar surface area (TPSA) is 38.8 Å². The van der Waals surface area contributed by atoms with Gasteiger partial charge < -0.3 is 14.4 Å². The van der Waals surface area contributed by atoms with Crippen molar-refractivity contribution in [2.24, 2.45) is 0 Å². The molecule has 0 bridgehead atoms. The molecule has 1 unspecified atom stereocenters. The van der Waals surface area contributed by atoms with Crippen LogP contribution in [0.3, 0.4) is 0 Å². The van der Waals surface area contributed by atoms with Gasteiger partial charge in [-0.3, -0.25) is 4.79 Å². The number of thioether (sulfide) groups is 1. The number of para-hydroxylation sites is 1. The summed E-state index contributed by atoms with van der Waals surface area (Å²) in [6.07, 6.45) is 0. The van der Waals surface area contributed by atoms with Crippen LogP contribution >= 0.6 is 11.8 Å². The molecule has 0 N–H and O–H groups in total. The second-order valence-corrected chi connectivity index (χ2v) is 6.71. The zero-order chi connectivity index (χ0) is 17.6. The Balaban J connectivity index is 1.66. The number of halogens is 3. The first-order valence-corrected chi connectivity index (χ1v) is 8.52. The minimum absolute atomic E-state index is 0.0326. The Hall–Kier alpha value is -2.35. The van der Waals surface area contributed by atoms with Crippen LogP contribution in [0.25, 0.3) is 0 Å². The van der Waals surface area contributed by atoms with Crippen molar-refractivity contribution in [3.05, 3.63) is 58.9 Å². The van der Waals surface area contributed by atoms with Crippen molar-refractivity contribution in [1.29, 1.82) is 0 Å². The summed E-state index contributed by atoms with van der Waals surface area (Å²) < 4.78 is 50.9. The fraction of sp³-hybridized carbons (Fsp3) is 0.235. The summed E-state index contributed by atoms with van der Waals surface area (Å²) >= 11 is 1.39. The van der Waals surface area contributed by atoms with E-state index < -0.39 is 17.5 Å². The minimum Gasteiger partial charge on any atom is -0.454 e. The summed E-state index contributed by atoms with van der Waals surface area (Å²) in [6.45, 7) is 0.0706. The predicted molar refractivity (Wildman–Crippen MR) is 84.6 cm³/mol. The van der Waals surface area contributed by atoms with Crippen LogP contribution in [0.4, 0.5) is 13.2 Å². The molecule has 130 valence electrons. The Bertz CT molecular complexity index is 838. The minimum atomic E-state index is -1.52. The van der Waals surface area contributed by atoms with Crippen molar-refractivity contribution < 1.29 is 27.4 Å². The van der Waals surface area contributed by atoms with Crippen molar-refractivity contribution in [1.82, 2.24) is 4.90 Å². The monoisotopic (exact) mass is 367 g/mol. The van der Waals surface area contributed by atoms with Crippen LogP contribution in [0.5, 0.6) is 11.5 Å². The van der Waals surface area contributed by atoms with Gasteiger partial charge in [-0.15, -0.1) is 11.8 Å². The molecule has 2 heterocycles. The fourth-order valence-corrected chi connectivity index (χ4v) is 4.13. The number of ether oxygens (including phenoxy) is 2. The fourth-order valence-electron chi connectivity index (χ4n) is 2.93. The average molecular weight is 367 g/mol. The Morgan fingerprint density at radius 1 is 1.16 bits per heavy atom. The smallest absolute Gasteiger partial charge is 0.234 e. The van der Waals surface area contributed by atoms with Crippen LogP contribution < -0.4 is 9.47 Å². The van der Waals surface area contributed by atoms with E-state index in [0.29, 0.717) is 11.5 Å². The number of benzene rings is 2. The van der Waals surface area contributed by atoms with Crippen molar-refractivity contribution in [2.75, 3.05) is 12.5 Å². The molecule has 4 nitrogen and oxygen atoms in total. The summed E-state index contributed by atoms with van der Waals surface area (Å²) in [7, 11) is 0. The number of amides is 1. The van der Waals surface area contributed by atoms with Crippen LogP contribution in [0.15, 0.2) is 30.3 Å². The van der Waals surface area contributed by atoms with Gasteiger partial charge in [0.05, 0.1) is 5.75 Å². The lowest BCUT2D eigenvalue weighted by molar-refractivity contribution is -0.128. The molecule has 0 radical (unpaired) electrons. The first kappa shape index (κ1) is 16.1. The molecule has 8 heteroatoms. The van der Waals surface area contributed by atoms with Gasteiger partial charge in [0.2, 0.25) is 12.7 Å². The van der Waals surface area contributed by atoms with Gasteiger partial charge in [0.25, 0.3) is 0 Å². The SMILES string of the molecule is O=C1CSC(c2cccc3c2OCO3)N1Cc1cc(F)c(F)c(F)c1. The maximum atomic E-state index is 13.5. The highest BCUT2D eigenvalue weighted by Gasteiger charge is 2.36. The Kier molecular flexibility index (Phi) is 3.99. The molecule has 1 fully saturated rings. The number of hydrogen-bond donors (Lipinski definition) is 0. The van der Waals surface area contributed by atoms with E-state index >= 15 is 0 Å². The maximum absolute atomic E-state index is 13.5. The number of hydrogen-bond acceptors (Lipinski definition) is 4. The molecule has 0 saturated carbocycles. The average Bonchev–Trinajstić information content (AvgIpc) is 3.20. The maximum Gasteiger partial charge on any atom is 0.234 e. The molecule has 2 aliphatic rings. The molecule has 2 aromatic rings. The van der Waals surface area contributed by atoms with Crippen LogP contribution in [-0.4, -0.2) is 23.4 Å². The number of rotatable bonds is 3. The van der Waals surface area contributed by atoms with Crippen molar-refractivity contribution in [3.63, 3.8) is 0 Å². The lowest BCUT2D eigenvalue weighted by Crippen LogP contribution is -2.28. The van der Waals surface area contributed by atoms with Gasteiger partial charge in [0.1, 0.15) is 5.37 Å². The van der Waals surface area contributed by atoms with Gasteiger partial charge in [-0.1, -0.05) is 12.1 Å². The summed E-state index contributed by atoms with van der Waals surface area (Å²) in [5.74, 6) is -2.84. The molecule has 4 rings (SSSR count). The van der Waals surface area contributed by atoms with Gasteiger partial charge in [-0.2, -0.15) is 0 Å². The second kappa shape index (κ2) is 6.18. The Labute approximate surface area is 145 Å². The van der Waals surface area contributed by atoms with Gasteiger partial charge in [-0.05, 0) is 23.8 Å². The van der Waals surface area contributed by atoms with Crippen LogP contribution in [0, 0.1) is 17.5 Å². The van der Waals surface area contributed by atoms with E-state index in [-0.39, 0.29) is 35.9 Å². The molecule has 0 spiro atoms. The van der Waals surface area contributed by atoms with E-state index in [2.05, 4.69) is 0 Å². The van der Waals surface area contributed by atoms with Crippen molar-refractivity contribution in [2.45, 2.75) is 11.9 Å². The number of carbonyl (C=O) groups excluding carboxylic acids is 1. The highest BCUT2D eigenvalue weighted by Crippen LogP contribution is 2.47. The van der Waals surface area contributed by atoms with Crippen LogP contribution in [0.2, 0.25) is 0 Å². The van der Waals surface area contributed by atoms with E-state index in [0.717, 1.165) is 17.7 Å². The van der Waals surface area contributed by atoms with Crippen molar-refractivity contribution >= 4 is 17.7 Å². The zero-order valence-electron chi connectivity index (χ0n) is 12.8. The third-order valence-electron chi connectivity index (χ3n) is 4.06. The normalized spacial score (nSPS) is 18.9. The summed E-state index contributed by atoms with van der Waals surface area (Å²) in [4.78, 5) is 13.8. The van der Waals surface area contributed by atoms with Gasteiger partial charge in [0, 0.05) is 12.1 Å². The quantitative estimate of drug-likeness (QED) is 0.777. The lowest BCUT2D eigenvalue weighted by Gasteiger charge is -2.25. The predicted octanol–water partition coefficient (Wildman–Crippen LogP) is 3.61. The van der Waals surface area contributed by atoms with Crippen LogP contribution in [-0.2, 0) is 11.3 Å². The highest BCUT2D eigenvalue weighted by atomic mass is 32.2. The van der Waals surface area contributed by atoms with Gasteiger partial charge in [-0.25, -0.2) is 13.2 Å². The first-order chi connectivity index (χ1) is 12.0. The third kappa shape index (κ3) is 2.80. The third-order valence-corrected chi connectivity index (χ3v) is 5.30. The van der Waals surface area contributed by atoms with E-state index in [1.54, 1.807) is 12.1 Å². The standard InChI is InChI=1S/C17H12F3NO3S/c18-11-4-9(5-12(19)15(11)20)6-21-14(22)7-25-17(21)10-2-1-3-13-16(10)24-8-23-13/h1-5,17H,6-8H2. The molecular formula is C17H12F3NO3S.